The quantitative estimate of drug-likeness (QED) is 0.877. The summed E-state index contributed by atoms with van der Waals surface area (Å²) >= 11 is 0. The number of benzene rings is 1. The van der Waals surface area contributed by atoms with Crippen molar-refractivity contribution in [2.45, 2.75) is 26.8 Å². The smallest absolute Gasteiger partial charge is 0.321 e. The molecule has 0 heterocycles. The van der Waals surface area contributed by atoms with Crippen molar-refractivity contribution in [3.05, 3.63) is 30.1 Å². The number of sulfone groups is 1. The Morgan fingerprint density at radius 1 is 1.33 bits per heavy atom. The highest BCUT2D eigenvalue weighted by Gasteiger charge is 2.23. The van der Waals surface area contributed by atoms with Crippen LogP contribution in [0.1, 0.15) is 20.8 Å². The number of anilines is 1. The van der Waals surface area contributed by atoms with Crippen LogP contribution in [0.15, 0.2) is 24.3 Å². The number of carbonyl (C=O) groups is 1. The molecule has 0 aromatic heterocycles. The Hall–Kier alpha value is -1.63. The van der Waals surface area contributed by atoms with Crippen molar-refractivity contribution in [2.24, 2.45) is 0 Å². The molecule has 1 atom stereocenters. The van der Waals surface area contributed by atoms with Crippen LogP contribution in [0.4, 0.5) is 14.9 Å². The maximum Gasteiger partial charge on any atom is 0.322 e. The van der Waals surface area contributed by atoms with Crippen molar-refractivity contribution in [3.8, 4) is 0 Å². The summed E-state index contributed by atoms with van der Waals surface area (Å²) in [5.74, 6) is -0.609. The zero-order chi connectivity index (χ0) is 16.0. The van der Waals surface area contributed by atoms with Crippen molar-refractivity contribution < 1.29 is 17.6 Å². The van der Waals surface area contributed by atoms with E-state index < -0.39 is 27.7 Å². The molecule has 0 aliphatic heterocycles. The molecular weight excluding hydrogens is 295 g/mol. The Balaban J connectivity index is 2.80. The van der Waals surface area contributed by atoms with Gasteiger partial charge in [0.15, 0.2) is 9.84 Å². The molecule has 0 bridgehead atoms. The van der Waals surface area contributed by atoms with Crippen LogP contribution in [-0.4, -0.2) is 43.4 Å². The molecule has 7 heteroatoms. The number of amides is 2. The highest BCUT2D eigenvalue weighted by Crippen LogP contribution is 2.14. The Morgan fingerprint density at radius 3 is 2.48 bits per heavy atom. The summed E-state index contributed by atoms with van der Waals surface area (Å²) in [4.78, 5) is 13.5. The third kappa shape index (κ3) is 5.00. The van der Waals surface area contributed by atoms with Gasteiger partial charge in [-0.1, -0.05) is 19.1 Å². The molecule has 1 rings (SSSR count). The van der Waals surface area contributed by atoms with Gasteiger partial charge < -0.3 is 10.2 Å². The first-order valence-electron chi connectivity index (χ1n) is 6.83. The zero-order valence-corrected chi connectivity index (χ0v) is 13.3. The van der Waals surface area contributed by atoms with Gasteiger partial charge in [0.25, 0.3) is 0 Å². The number of rotatable bonds is 6. The second-order valence-corrected chi connectivity index (χ2v) is 7.14. The van der Waals surface area contributed by atoms with Gasteiger partial charge in [0.2, 0.25) is 0 Å². The van der Waals surface area contributed by atoms with E-state index in [0.29, 0.717) is 6.54 Å². The monoisotopic (exact) mass is 316 g/mol. The molecule has 0 saturated heterocycles. The van der Waals surface area contributed by atoms with E-state index >= 15 is 0 Å². The molecule has 0 fully saturated rings. The summed E-state index contributed by atoms with van der Waals surface area (Å²) < 4.78 is 36.8. The zero-order valence-electron chi connectivity index (χ0n) is 12.5. The van der Waals surface area contributed by atoms with Crippen LogP contribution in [-0.2, 0) is 9.84 Å². The second-order valence-electron chi connectivity index (χ2n) is 4.74. The van der Waals surface area contributed by atoms with Crippen molar-refractivity contribution in [3.63, 3.8) is 0 Å². The molecule has 0 saturated carbocycles. The van der Waals surface area contributed by atoms with E-state index in [9.17, 15) is 17.6 Å². The third-order valence-corrected chi connectivity index (χ3v) is 5.05. The number of urea groups is 1. The molecule has 1 unspecified atom stereocenters. The molecule has 2 amide bonds. The van der Waals surface area contributed by atoms with Gasteiger partial charge in [-0.15, -0.1) is 0 Å². The van der Waals surface area contributed by atoms with Gasteiger partial charge in [0.1, 0.15) is 5.82 Å². The summed E-state index contributed by atoms with van der Waals surface area (Å²) in [6.45, 7) is 5.31. The van der Waals surface area contributed by atoms with Gasteiger partial charge in [-0.3, -0.25) is 0 Å². The molecule has 1 aromatic carbocycles. The Bertz CT molecular complexity index is 590. The van der Waals surface area contributed by atoms with E-state index in [1.165, 1.54) is 23.1 Å². The average molecular weight is 316 g/mol. The van der Waals surface area contributed by atoms with Gasteiger partial charge >= 0.3 is 6.03 Å². The van der Waals surface area contributed by atoms with Crippen LogP contribution in [0, 0.1) is 5.82 Å². The summed E-state index contributed by atoms with van der Waals surface area (Å²) in [7, 11) is -3.18. The molecular formula is C14H21FN2O3S. The fourth-order valence-electron chi connectivity index (χ4n) is 1.98. The topological polar surface area (TPSA) is 66.5 Å². The molecule has 5 nitrogen and oxygen atoms in total. The standard InChI is InChI=1S/C14H21FN2O3S/c1-4-17(11(3)10-21(19,20)5-2)14(18)16-13-9-7-6-8-12(13)15/h6-9,11H,4-5,10H2,1-3H3,(H,16,18). The normalized spacial score (nSPS) is 12.8. The van der Waals surface area contributed by atoms with Crippen LogP contribution in [0.5, 0.6) is 0 Å². The molecule has 0 aliphatic rings. The Kier molecular flexibility index (Phi) is 6.14. The van der Waals surface area contributed by atoms with Crippen molar-refractivity contribution >= 4 is 21.6 Å². The van der Waals surface area contributed by atoms with Crippen molar-refractivity contribution in [1.29, 1.82) is 0 Å². The number of carbonyl (C=O) groups excluding carboxylic acids is 1. The van der Waals surface area contributed by atoms with Crippen LogP contribution >= 0.6 is 0 Å². The number of nitrogens with one attached hydrogen (secondary N) is 1. The van der Waals surface area contributed by atoms with Gasteiger partial charge in [-0.2, -0.15) is 0 Å². The SMILES string of the molecule is CCN(C(=O)Nc1ccccc1F)C(C)CS(=O)(=O)CC. The largest absolute Gasteiger partial charge is 0.322 e. The highest BCUT2D eigenvalue weighted by atomic mass is 32.2. The average Bonchev–Trinajstić information content (AvgIpc) is 2.41. The molecule has 1 N–H and O–H groups in total. The lowest BCUT2D eigenvalue weighted by Crippen LogP contribution is -2.44. The number of nitrogens with zero attached hydrogens (tertiary/aromatic N) is 1. The van der Waals surface area contributed by atoms with Crippen LogP contribution in [0.25, 0.3) is 0 Å². The van der Waals surface area contributed by atoms with E-state index in [4.69, 9.17) is 0 Å². The minimum atomic E-state index is -3.18. The first-order valence-corrected chi connectivity index (χ1v) is 8.65. The fourth-order valence-corrected chi connectivity index (χ4v) is 3.13. The maximum atomic E-state index is 13.5. The number of halogens is 1. The lowest BCUT2D eigenvalue weighted by Gasteiger charge is -2.28. The second kappa shape index (κ2) is 7.40. The Labute approximate surface area is 125 Å². The van der Waals surface area contributed by atoms with Crippen molar-refractivity contribution in [1.82, 2.24) is 4.90 Å². The van der Waals surface area contributed by atoms with E-state index in [0.717, 1.165) is 0 Å². The highest BCUT2D eigenvalue weighted by molar-refractivity contribution is 7.91. The number of hydrogen-bond donors (Lipinski definition) is 1. The van der Waals surface area contributed by atoms with Crippen LogP contribution < -0.4 is 5.32 Å². The summed E-state index contributed by atoms with van der Waals surface area (Å²) in [6, 6.07) is 4.85. The van der Waals surface area contributed by atoms with E-state index in [1.807, 2.05) is 0 Å². The van der Waals surface area contributed by atoms with Crippen LogP contribution in [0.3, 0.4) is 0 Å². The number of hydrogen-bond acceptors (Lipinski definition) is 3. The summed E-state index contributed by atoms with van der Waals surface area (Å²) in [6.07, 6.45) is 0. The molecule has 0 aliphatic carbocycles. The first-order chi connectivity index (χ1) is 9.80. The molecule has 21 heavy (non-hydrogen) atoms. The summed E-state index contributed by atoms with van der Waals surface area (Å²) in [5, 5.41) is 2.46. The predicted molar refractivity (Wildman–Crippen MR) is 81.6 cm³/mol. The van der Waals surface area contributed by atoms with E-state index in [2.05, 4.69) is 5.32 Å². The fraction of sp³-hybridized carbons (Fsp3) is 0.500. The van der Waals surface area contributed by atoms with Gasteiger partial charge in [-0.25, -0.2) is 17.6 Å². The lowest BCUT2D eigenvalue weighted by molar-refractivity contribution is 0.201. The van der Waals surface area contributed by atoms with Gasteiger partial charge in [-0.05, 0) is 26.0 Å². The van der Waals surface area contributed by atoms with E-state index in [-0.39, 0.29) is 17.2 Å². The number of para-hydroxylation sites is 1. The molecule has 0 spiro atoms. The Morgan fingerprint density at radius 2 is 1.95 bits per heavy atom. The molecule has 0 radical (unpaired) electrons. The lowest BCUT2D eigenvalue weighted by atomic mass is 10.3. The molecule has 118 valence electrons. The predicted octanol–water partition coefficient (Wildman–Crippen LogP) is 2.50. The maximum absolute atomic E-state index is 13.5. The van der Waals surface area contributed by atoms with Gasteiger partial charge in [0, 0.05) is 18.3 Å². The van der Waals surface area contributed by atoms with Crippen molar-refractivity contribution in [2.75, 3.05) is 23.4 Å². The first kappa shape index (κ1) is 17.4. The third-order valence-electron chi connectivity index (χ3n) is 3.18. The summed E-state index contributed by atoms with van der Waals surface area (Å²) in [5.41, 5.74) is 0.0755. The van der Waals surface area contributed by atoms with Crippen LogP contribution in [0.2, 0.25) is 0 Å². The minimum absolute atomic E-state index is 0.0316. The minimum Gasteiger partial charge on any atom is -0.321 e. The van der Waals surface area contributed by atoms with E-state index in [1.54, 1.807) is 26.8 Å². The molecule has 1 aromatic rings. The van der Waals surface area contributed by atoms with Gasteiger partial charge in [0.05, 0.1) is 11.4 Å².